The number of nitrogens with zero attached hydrogens (tertiary/aromatic N) is 3. The Morgan fingerprint density at radius 3 is 3.00 bits per heavy atom. The molecular weight excluding hydrogens is 228 g/mol. The highest BCUT2D eigenvalue weighted by Crippen LogP contribution is 2.11. The smallest absolute Gasteiger partial charge is 0.239 e. The highest BCUT2D eigenvalue weighted by molar-refractivity contribution is 5.83. The van der Waals surface area contributed by atoms with Crippen LogP contribution in [0.25, 0.3) is 0 Å². The first-order valence-electron chi connectivity index (χ1n) is 6.72. The zero-order chi connectivity index (χ0) is 13.0. The Morgan fingerprint density at radius 1 is 1.50 bits per heavy atom. The third-order valence-corrected chi connectivity index (χ3v) is 3.30. The van der Waals surface area contributed by atoms with Gasteiger partial charge in [-0.2, -0.15) is 5.10 Å². The van der Waals surface area contributed by atoms with Gasteiger partial charge in [-0.1, -0.05) is 6.92 Å². The maximum Gasteiger partial charge on any atom is 0.239 e. The van der Waals surface area contributed by atoms with Crippen LogP contribution < -0.4 is 5.32 Å². The van der Waals surface area contributed by atoms with Crippen molar-refractivity contribution in [2.75, 3.05) is 19.6 Å². The normalized spacial score (nSPS) is 19.8. The molecule has 0 saturated carbocycles. The van der Waals surface area contributed by atoms with E-state index >= 15 is 0 Å². The Bertz CT molecular complexity index is 401. The number of hydrogen-bond acceptors (Lipinski definition) is 3. The van der Waals surface area contributed by atoms with Crippen molar-refractivity contribution in [3.05, 3.63) is 18.0 Å². The number of rotatable bonds is 6. The molecular formula is C13H22N4O. The van der Waals surface area contributed by atoms with Crippen LogP contribution in [-0.2, 0) is 11.3 Å². The Morgan fingerprint density at radius 2 is 2.33 bits per heavy atom. The van der Waals surface area contributed by atoms with E-state index in [2.05, 4.69) is 17.3 Å². The summed E-state index contributed by atoms with van der Waals surface area (Å²) in [5.74, 6) is 0.243. The van der Waals surface area contributed by atoms with Crippen molar-refractivity contribution < 1.29 is 4.79 Å². The number of nitrogens with one attached hydrogen (secondary N) is 1. The standard InChI is InChI=1S/C13H22N4O/c1-3-5-14-12-4-6-16(13(12)18)7-8-17-10-11(2)9-15-17/h9-10,12,14H,3-8H2,1-2H3. The van der Waals surface area contributed by atoms with Gasteiger partial charge in [0.1, 0.15) is 0 Å². The van der Waals surface area contributed by atoms with Crippen molar-refractivity contribution in [2.24, 2.45) is 0 Å². The molecule has 5 nitrogen and oxygen atoms in total. The summed E-state index contributed by atoms with van der Waals surface area (Å²) >= 11 is 0. The van der Waals surface area contributed by atoms with Crippen LogP contribution in [0, 0.1) is 6.92 Å². The zero-order valence-electron chi connectivity index (χ0n) is 11.2. The van der Waals surface area contributed by atoms with Gasteiger partial charge in [0.15, 0.2) is 0 Å². The van der Waals surface area contributed by atoms with Gasteiger partial charge in [0.05, 0.1) is 18.8 Å². The van der Waals surface area contributed by atoms with Crippen LogP contribution in [0.3, 0.4) is 0 Å². The van der Waals surface area contributed by atoms with E-state index in [4.69, 9.17) is 0 Å². The summed E-state index contributed by atoms with van der Waals surface area (Å²) in [4.78, 5) is 14.0. The molecule has 1 fully saturated rings. The lowest BCUT2D eigenvalue weighted by molar-refractivity contribution is -0.129. The predicted molar refractivity (Wildman–Crippen MR) is 70.2 cm³/mol. The van der Waals surface area contributed by atoms with Crippen LogP contribution in [0.5, 0.6) is 0 Å². The van der Waals surface area contributed by atoms with E-state index in [1.54, 1.807) is 0 Å². The summed E-state index contributed by atoms with van der Waals surface area (Å²) in [5.41, 5.74) is 1.16. The van der Waals surface area contributed by atoms with Gasteiger partial charge in [-0.25, -0.2) is 0 Å². The lowest BCUT2D eigenvalue weighted by atomic mass is 10.2. The average molecular weight is 250 g/mol. The Hall–Kier alpha value is -1.36. The van der Waals surface area contributed by atoms with Gasteiger partial charge >= 0.3 is 0 Å². The zero-order valence-corrected chi connectivity index (χ0v) is 11.2. The molecule has 5 heteroatoms. The molecule has 1 aromatic heterocycles. The first-order chi connectivity index (χ1) is 8.70. The molecule has 1 N–H and O–H groups in total. The van der Waals surface area contributed by atoms with Crippen LogP contribution >= 0.6 is 0 Å². The summed E-state index contributed by atoms with van der Waals surface area (Å²) < 4.78 is 1.90. The predicted octanol–water partition coefficient (Wildman–Crippen LogP) is 0.792. The van der Waals surface area contributed by atoms with E-state index < -0.39 is 0 Å². The molecule has 0 aromatic carbocycles. The molecule has 0 spiro atoms. The van der Waals surface area contributed by atoms with Crippen LogP contribution in [0.2, 0.25) is 0 Å². The molecule has 18 heavy (non-hydrogen) atoms. The highest BCUT2D eigenvalue weighted by atomic mass is 16.2. The van der Waals surface area contributed by atoms with Crippen molar-refractivity contribution in [1.82, 2.24) is 20.0 Å². The molecule has 1 aromatic rings. The largest absolute Gasteiger partial charge is 0.339 e. The number of carbonyl (C=O) groups is 1. The summed E-state index contributed by atoms with van der Waals surface area (Å²) in [6.07, 6.45) is 5.85. The minimum atomic E-state index is 0.0318. The van der Waals surface area contributed by atoms with Gasteiger partial charge in [0, 0.05) is 19.3 Å². The molecule has 1 atom stereocenters. The fourth-order valence-electron chi connectivity index (χ4n) is 2.28. The first kappa shape index (κ1) is 13.1. The first-order valence-corrected chi connectivity index (χ1v) is 6.72. The second-order valence-corrected chi connectivity index (χ2v) is 4.90. The van der Waals surface area contributed by atoms with Gasteiger partial charge < -0.3 is 10.2 Å². The molecule has 100 valence electrons. The van der Waals surface area contributed by atoms with Crippen molar-refractivity contribution in [1.29, 1.82) is 0 Å². The number of carbonyl (C=O) groups excluding carboxylic acids is 1. The van der Waals surface area contributed by atoms with Gasteiger partial charge in [-0.15, -0.1) is 0 Å². The van der Waals surface area contributed by atoms with E-state index in [1.807, 2.05) is 28.9 Å². The SMILES string of the molecule is CCCNC1CCN(CCn2cc(C)cn2)C1=O. The van der Waals surface area contributed by atoms with Gasteiger partial charge in [0.25, 0.3) is 0 Å². The summed E-state index contributed by atoms with van der Waals surface area (Å²) in [7, 11) is 0. The fourth-order valence-corrected chi connectivity index (χ4v) is 2.28. The maximum absolute atomic E-state index is 12.1. The lowest BCUT2D eigenvalue weighted by Crippen LogP contribution is -2.39. The maximum atomic E-state index is 12.1. The number of aromatic nitrogens is 2. The van der Waals surface area contributed by atoms with Gasteiger partial charge in [0.2, 0.25) is 5.91 Å². The molecule has 1 amide bonds. The second kappa shape index (κ2) is 6.00. The average Bonchev–Trinajstić information content (AvgIpc) is 2.92. The molecule has 1 aliphatic rings. The minimum Gasteiger partial charge on any atom is -0.339 e. The number of likely N-dealkylation sites (tertiary alicyclic amines) is 1. The van der Waals surface area contributed by atoms with Gasteiger partial charge in [-0.05, 0) is 31.9 Å². The summed E-state index contributed by atoms with van der Waals surface area (Å²) in [5, 5.41) is 7.53. The summed E-state index contributed by atoms with van der Waals surface area (Å²) in [6, 6.07) is 0.0318. The van der Waals surface area contributed by atoms with Crippen LogP contribution in [-0.4, -0.2) is 46.3 Å². The van der Waals surface area contributed by atoms with Crippen molar-refractivity contribution in [3.63, 3.8) is 0 Å². The minimum absolute atomic E-state index is 0.0318. The second-order valence-electron chi connectivity index (χ2n) is 4.90. The third-order valence-electron chi connectivity index (χ3n) is 3.30. The molecule has 2 rings (SSSR count). The Labute approximate surface area is 108 Å². The molecule has 0 aliphatic carbocycles. The van der Waals surface area contributed by atoms with E-state index in [9.17, 15) is 4.79 Å². The van der Waals surface area contributed by atoms with Gasteiger partial charge in [-0.3, -0.25) is 9.48 Å². The molecule has 2 heterocycles. The molecule has 0 bridgehead atoms. The molecule has 1 unspecified atom stereocenters. The monoisotopic (exact) mass is 250 g/mol. The Balaban J connectivity index is 1.79. The quantitative estimate of drug-likeness (QED) is 0.812. The Kier molecular flexibility index (Phi) is 4.36. The van der Waals surface area contributed by atoms with Crippen LogP contribution in [0.15, 0.2) is 12.4 Å². The fraction of sp³-hybridized carbons (Fsp3) is 0.692. The van der Waals surface area contributed by atoms with E-state index in [0.717, 1.165) is 44.6 Å². The topological polar surface area (TPSA) is 50.2 Å². The molecule has 0 radical (unpaired) electrons. The van der Waals surface area contributed by atoms with E-state index in [0.29, 0.717) is 0 Å². The number of hydrogen-bond donors (Lipinski definition) is 1. The lowest BCUT2D eigenvalue weighted by Gasteiger charge is -2.17. The number of aryl methyl sites for hydroxylation is 1. The van der Waals surface area contributed by atoms with E-state index in [1.165, 1.54) is 0 Å². The molecule has 1 saturated heterocycles. The third kappa shape index (κ3) is 3.10. The number of amides is 1. The highest BCUT2D eigenvalue weighted by Gasteiger charge is 2.30. The summed E-state index contributed by atoms with van der Waals surface area (Å²) in [6.45, 7) is 7.45. The van der Waals surface area contributed by atoms with Crippen LogP contribution in [0.1, 0.15) is 25.3 Å². The van der Waals surface area contributed by atoms with Crippen molar-refractivity contribution in [2.45, 2.75) is 39.3 Å². The molecule has 1 aliphatic heterocycles. The van der Waals surface area contributed by atoms with Crippen LogP contribution in [0.4, 0.5) is 0 Å². The van der Waals surface area contributed by atoms with E-state index in [-0.39, 0.29) is 11.9 Å². The van der Waals surface area contributed by atoms with Crippen molar-refractivity contribution in [3.8, 4) is 0 Å². The van der Waals surface area contributed by atoms with Crippen molar-refractivity contribution >= 4 is 5.91 Å².